The summed E-state index contributed by atoms with van der Waals surface area (Å²) >= 11 is 0. The number of halogens is 1. The number of amides is 1. The lowest BCUT2D eigenvalue weighted by Gasteiger charge is -2.25. The average molecular weight is 395 g/mol. The maximum atomic E-state index is 13.1. The number of ether oxygens (including phenoxy) is 2. The molecule has 1 fully saturated rings. The Labute approximate surface area is 166 Å². The molecule has 2 aromatic rings. The summed E-state index contributed by atoms with van der Waals surface area (Å²) in [6.45, 7) is 1.96. The zero-order chi connectivity index (χ0) is 18.7. The van der Waals surface area contributed by atoms with Crippen LogP contribution in [-0.4, -0.2) is 54.9 Å². The van der Waals surface area contributed by atoms with Gasteiger partial charge in [-0.3, -0.25) is 9.48 Å². The third-order valence-electron chi connectivity index (χ3n) is 4.96. The Bertz CT molecular complexity index is 780. The molecule has 3 rings (SSSR count). The van der Waals surface area contributed by atoms with Crippen LogP contribution in [0, 0.1) is 5.92 Å². The number of carbonyl (C=O) groups is 1. The molecule has 1 aliphatic rings. The highest BCUT2D eigenvalue weighted by atomic mass is 35.5. The molecule has 2 heterocycles. The quantitative estimate of drug-likeness (QED) is 0.809. The summed E-state index contributed by atoms with van der Waals surface area (Å²) in [6, 6.07) is 5.65. The molecule has 0 aliphatic carbocycles. The Morgan fingerprint density at radius 2 is 2.11 bits per heavy atom. The first kappa shape index (κ1) is 21.1. The lowest BCUT2D eigenvalue weighted by molar-refractivity contribution is -0.134. The zero-order valence-electron chi connectivity index (χ0n) is 16.1. The minimum atomic E-state index is -0.0894. The van der Waals surface area contributed by atoms with Crippen molar-refractivity contribution < 1.29 is 14.3 Å². The predicted molar refractivity (Wildman–Crippen MR) is 106 cm³/mol. The molecule has 148 valence electrons. The summed E-state index contributed by atoms with van der Waals surface area (Å²) in [4.78, 5) is 14.8. The van der Waals surface area contributed by atoms with Gasteiger partial charge >= 0.3 is 0 Å². The van der Waals surface area contributed by atoms with E-state index >= 15 is 0 Å². The Kier molecular flexibility index (Phi) is 7.10. The van der Waals surface area contributed by atoms with Crippen LogP contribution in [0.25, 0.3) is 0 Å². The molecule has 0 bridgehead atoms. The Morgan fingerprint density at radius 3 is 2.74 bits per heavy atom. The number of methoxy groups -OCH3 is 2. The number of carbonyl (C=O) groups excluding carboxylic acids is 1. The second-order valence-corrected chi connectivity index (χ2v) is 6.69. The van der Waals surface area contributed by atoms with E-state index in [0.717, 1.165) is 29.2 Å². The van der Waals surface area contributed by atoms with Gasteiger partial charge in [-0.1, -0.05) is 0 Å². The number of aryl methyl sites for hydroxylation is 1. The first-order valence-electron chi connectivity index (χ1n) is 8.68. The van der Waals surface area contributed by atoms with Crippen LogP contribution in [0.4, 0.5) is 0 Å². The van der Waals surface area contributed by atoms with Gasteiger partial charge in [-0.2, -0.15) is 5.10 Å². The summed E-state index contributed by atoms with van der Waals surface area (Å²) in [7, 11) is 6.98. The van der Waals surface area contributed by atoms with E-state index in [1.807, 2.05) is 44.7 Å². The fourth-order valence-corrected chi connectivity index (χ4v) is 3.52. The van der Waals surface area contributed by atoms with Crippen molar-refractivity contribution in [2.45, 2.75) is 12.5 Å². The smallest absolute Gasteiger partial charge is 0.227 e. The third-order valence-corrected chi connectivity index (χ3v) is 4.96. The second kappa shape index (κ2) is 9.10. The van der Waals surface area contributed by atoms with Crippen LogP contribution in [0.3, 0.4) is 0 Å². The van der Waals surface area contributed by atoms with Gasteiger partial charge in [-0.25, -0.2) is 0 Å². The molecule has 0 unspecified atom stereocenters. The second-order valence-electron chi connectivity index (χ2n) is 6.69. The topological polar surface area (TPSA) is 68.6 Å². The minimum Gasteiger partial charge on any atom is -0.497 e. The van der Waals surface area contributed by atoms with Gasteiger partial charge in [-0.05, 0) is 17.7 Å². The molecule has 2 atom stereocenters. The van der Waals surface area contributed by atoms with E-state index in [-0.39, 0.29) is 30.2 Å². The fourth-order valence-electron chi connectivity index (χ4n) is 3.52. The van der Waals surface area contributed by atoms with E-state index in [9.17, 15) is 4.79 Å². The molecule has 1 aliphatic heterocycles. The number of rotatable bonds is 6. The molecule has 0 spiro atoms. The van der Waals surface area contributed by atoms with Crippen molar-refractivity contribution in [2.75, 3.05) is 34.4 Å². The highest BCUT2D eigenvalue weighted by Gasteiger charge is 2.36. The lowest BCUT2D eigenvalue weighted by Crippen LogP contribution is -2.35. The maximum absolute atomic E-state index is 13.1. The molecule has 1 aromatic carbocycles. The molecule has 0 saturated carbocycles. The van der Waals surface area contributed by atoms with E-state index < -0.39 is 0 Å². The fraction of sp³-hybridized carbons (Fsp3) is 0.474. The number of nitrogens with one attached hydrogen (secondary N) is 1. The van der Waals surface area contributed by atoms with E-state index in [0.29, 0.717) is 13.1 Å². The van der Waals surface area contributed by atoms with Crippen LogP contribution in [0.1, 0.15) is 17.0 Å². The molecule has 1 N–H and O–H groups in total. The van der Waals surface area contributed by atoms with Crippen LogP contribution < -0.4 is 14.8 Å². The summed E-state index contributed by atoms with van der Waals surface area (Å²) < 4.78 is 12.5. The SMILES string of the molecule is COc1ccc(CN(C)C(=O)[C@H]2CNC[C@@H]2c2cnn(C)c2)c(OC)c1.Cl. The van der Waals surface area contributed by atoms with Crippen LogP contribution in [0.15, 0.2) is 30.6 Å². The normalized spacial score (nSPS) is 18.7. The number of hydrogen-bond donors (Lipinski definition) is 1. The van der Waals surface area contributed by atoms with Gasteiger partial charge in [-0.15, -0.1) is 12.4 Å². The average Bonchev–Trinajstić information content (AvgIpc) is 3.29. The van der Waals surface area contributed by atoms with Crippen LogP contribution in [-0.2, 0) is 18.4 Å². The standard InChI is InChI=1S/C19H26N4O3.ClH/c1-22(11-13-5-6-15(25-3)7-18(13)26-4)19(24)17-10-20-9-16(17)14-8-21-23(2)12-14;/h5-8,12,16-17,20H,9-11H2,1-4H3;1H/t16-,17+;/m1./s1. The van der Waals surface area contributed by atoms with Crippen molar-refractivity contribution in [1.29, 1.82) is 0 Å². The molecule has 0 radical (unpaired) electrons. The lowest BCUT2D eigenvalue weighted by atomic mass is 9.90. The highest BCUT2D eigenvalue weighted by Crippen LogP contribution is 2.30. The van der Waals surface area contributed by atoms with Gasteiger partial charge in [0.1, 0.15) is 11.5 Å². The van der Waals surface area contributed by atoms with Gasteiger partial charge in [0.2, 0.25) is 5.91 Å². The Morgan fingerprint density at radius 1 is 1.33 bits per heavy atom. The van der Waals surface area contributed by atoms with Gasteiger partial charge < -0.3 is 19.7 Å². The summed E-state index contributed by atoms with van der Waals surface area (Å²) in [5.41, 5.74) is 2.05. The first-order valence-corrected chi connectivity index (χ1v) is 8.68. The van der Waals surface area contributed by atoms with E-state index in [1.54, 1.807) is 23.8 Å². The predicted octanol–water partition coefficient (Wildman–Crippen LogP) is 1.82. The minimum absolute atomic E-state index is 0. The van der Waals surface area contributed by atoms with Crippen molar-refractivity contribution in [3.8, 4) is 11.5 Å². The van der Waals surface area contributed by atoms with Gasteiger partial charge in [0.25, 0.3) is 0 Å². The molecular formula is C19H27ClN4O3. The van der Waals surface area contributed by atoms with E-state index in [1.165, 1.54) is 0 Å². The molecule has 1 saturated heterocycles. The van der Waals surface area contributed by atoms with Crippen molar-refractivity contribution >= 4 is 18.3 Å². The van der Waals surface area contributed by atoms with E-state index in [4.69, 9.17) is 9.47 Å². The summed E-state index contributed by atoms with van der Waals surface area (Å²) in [5, 5.41) is 7.58. The number of aromatic nitrogens is 2. The number of nitrogens with zero attached hydrogens (tertiary/aromatic N) is 3. The van der Waals surface area contributed by atoms with Gasteiger partial charge in [0.15, 0.2) is 0 Å². The van der Waals surface area contributed by atoms with Crippen molar-refractivity contribution in [3.63, 3.8) is 0 Å². The Hall–Kier alpha value is -2.25. The zero-order valence-corrected chi connectivity index (χ0v) is 17.0. The number of hydrogen-bond acceptors (Lipinski definition) is 5. The molecule has 7 nitrogen and oxygen atoms in total. The van der Waals surface area contributed by atoms with Crippen LogP contribution >= 0.6 is 12.4 Å². The summed E-state index contributed by atoms with van der Waals surface area (Å²) in [6.07, 6.45) is 3.84. The molecule has 8 heteroatoms. The van der Waals surface area contributed by atoms with Crippen molar-refractivity contribution in [3.05, 3.63) is 41.7 Å². The maximum Gasteiger partial charge on any atom is 0.227 e. The Balaban J connectivity index is 0.00000261. The molecule has 27 heavy (non-hydrogen) atoms. The van der Waals surface area contributed by atoms with E-state index in [2.05, 4.69) is 10.4 Å². The third kappa shape index (κ3) is 4.54. The highest BCUT2D eigenvalue weighted by molar-refractivity contribution is 5.85. The van der Waals surface area contributed by atoms with Crippen molar-refractivity contribution in [1.82, 2.24) is 20.0 Å². The molecular weight excluding hydrogens is 368 g/mol. The summed E-state index contributed by atoms with van der Waals surface area (Å²) in [5.74, 6) is 1.64. The monoisotopic (exact) mass is 394 g/mol. The van der Waals surface area contributed by atoms with Crippen LogP contribution in [0.5, 0.6) is 11.5 Å². The molecule has 1 amide bonds. The largest absolute Gasteiger partial charge is 0.497 e. The van der Waals surface area contributed by atoms with Crippen molar-refractivity contribution in [2.24, 2.45) is 13.0 Å². The molecule has 1 aromatic heterocycles. The first-order chi connectivity index (χ1) is 12.5. The van der Waals surface area contributed by atoms with Gasteiger partial charge in [0.05, 0.1) is 26.3 Å². The van der Waals surface area contributed by atoms with Crippen LogP contribution in [0.2, 0.25) is 0 Å². The van der Waals surface area contributed by atoms with Gasteiger partial charge in [0, 0.05) is 57.5 Å². The number of benzene rings is 1.